The predicted molar refractivity (Wildman–Crippen MR) is 93.4 cm³/mol. The zero-order chi connectivity index (χ0) is 18.2. The fourth-order valence-electron chi connectivity index (χ4n) is 2.29. The summed E-state index contributed by atoms with van der Waals surface area (Å²) in [6, 6.07) is 8.69. The van der Waals surface area contributed by atoms with E-state index < -0.39 is 27.1 Å². The van der Waals surface area contributed by atoms with Crippen LogP contribution in [0.5, 0.6) is 0 Å². The zero-order valence-corrected chi connectivity index (χ0v) is 15.3. The van der Waals surface area contributed by atoms with E-state index in [0.717, 1.165) is 6.42 Å². The molecule has 1 rings (SSSR count). The molecule has 2 N–H and O–H groups in total. The quantitative estimate of drug-likeness (QED) is 0.546. The number of hydrogen-bond acceptors (Lipinski definition) is 4. The smallest absolute Gasteiger partial charge is 0.407 e. The number of carbonyl (C=O) groups is 1. The number of nitrogens with one attached hydrogen (secondary N) is 1. The number of amides is 1. The maximum atomic E-state index is 11.6. The third kappa shape index (κ3) is 8.31. The minimum absolute atomic E-state index is 0.343. The van der Waals surface area contributed by atoms with Gasteiger partial charge in [0.25, 0.3) is 10.1 Å². The van der Waals surface area contributed by atoms with Crippen LogP contribution in [-0.2, 0) is 14.9 Å². The Balaban J connectivity index is 2.34. The first-order chi connectivity index (χ1) is 11.1. The second-order valence-electron chi connectivity index (χ2n) is 6.69. The Bertz CT molecular complexity index is 608. The van der Waals surface area contributed by atoms with Crippen LogP contribution in [0.1, 0.15) is 57.3 Å². The van der Waals surface area contributed by atoms with E-state index in [0.29, 0.717) is 31.4 Å². The Kier molecular flexibility index (Phi) is 7.69. The average Bonchev–Trinajstić information content (AvgIpc) is 2.44. The molecule has 1 aromatic rings. The summed E-state index contributed by atoms with van der Waals surface area (Å²) in [5, 5.41) is 1.76. The number of unbranched alkanes of at least 4 members (excludes halogenated alkanes) is 2. The molecule has 0 fully saturated rings. The second kappa shape index (κ2) is 9.03. The van der Waals surface area contributed by atoms with Gasteiger partial charge in [-0.2, -0.15) is 8.42 Å². The van der Waals surface area contributed by atoms with Gasteiger partial charge in [0.1, 0.15) is 10.9 Å². The molecule has 0 radical (unpaired) electrons. The van der Waals surface area contributed by atoms with Crippen molar-refractivity contribution in [2.45, 2.75) is 57.3 Å². The SMILES string of the molecule is CC(C)(C)OC(=O)NCCCCCC(c1ccccc1)S(=O)(=O)O. The van der Waals surface area contributed by atoms with E-state index in [2.05, 4.69) is 5.32 Å². The molecule has 0 aliphatic rings. The van der Waals surface area contributed by atoms with Crippen LogP contribution in [0.4, 0.5) is 4.79 Å². The Labute approximate surface area is 144 Å². The van der Waals surface area contributed by atoms with E-state index in [9.17, 15) is 17.8 Å². The lowest BCUT2D eigenvalue weighted by molar-refractivity contribution is 0.0527. The first-order valence-corrected chi connectivity index (χ1v) is 9.58. The standard InChI is InChI=1S/C17H27NO5S/c1-17(2,3)23-16(19)18-13-9-5-8-12-15(24(20,21)22)14-10-6-4-7-11-14/h4,6-7,10-11,15H,5,8-9,12-13H2,1-3H3,(H,18,19)(H,20,21,22). The third-order valence-electron chi connectivity index (χ3n) is 3.34. The number of rotatable bonds is 8. The minimum atomic E-state index is -4.13. The van der Waals surface area contributed by atoms with Crippen LogP contribution in [-0.4, -0.2) is 31.2 Å². The summed E-state index contributed by atoms with van der Waals surface area (Å²) in [6.07, 6.45) is 1.98. The molecule has 0 aromatic heterocycles. The van der Waals surface area contributed by atoms with E-state index >= 15 is 0 Å². The first kappa shape index (κ1) is 20.4. The van der Waals surface area contributed by atoms with Gasteiger partial charge in [0, 0.05) is 6.54 Å². The maximum absolute atomic E-state index is 11.6. The van der Waals surface area contributed by atoms with Crippen molar-refractivity contribution >= 4 is 16.2 Å². The molecule has 1 aromatic carbocycles. The molecule has 6 nitrogen and oxygen atoms in total. The van der Waals surface area contributed by atoms with Gasteiger partial charge >= 0.3 is 6.09 Å². The van der Waals surface area contributed by atoms with Crippen LogP contribution in [0.15, 0.2) is 30.3 Å². The predicted octanol–water partition coefficient (Wildman–Crippen LogP) is 3.70. The van der Waals surface area contributed by atoms with Crippen LogP contribution < -0.4 is 5.32 Å². The number of alkyl carbamates (subject to hydrolysis) is 1. The molecule has 0 spiro atoms. The van der Waals surface area contributed by atoms with Crippen molar-refractivity contribution in [1.29, 1.82) is 0 Å². The summed E-state index contributed by atoms with van der Waals surface area (Å²) in [5.41, 5.74) is 0.0644. The number of carbonyl (C=O) groups excluding carboxylic acids is 1. The van der Waals surface area contributed by atoms with Gasteiger partial charge in [-0.3, -0.25) is 4.55 Å². The first-order valence-electron chi connectivity index (χ1n) is 8.08. The topological polar surface area (TPSA) is 92.7 Å². The lowest BCUT2D eigenvalue weighted by Crippen LogP contribution is -2.32. The van der Waals surface area contributed by atoms with Gasteiger partial charge in [0.05, 0.1) is 0 Å². The summed E-state index contributed by atoms with van der Waals surface area (Å²) >= 11 is 0. The Hall–Kier alpha value is -1.60. The highest BCUT2D eigenvalue weighted by molar-refractivity contribution is 7.86. The maximum Gasteiger partial charge on any atom is 0.407 e. The van der Waals surface area contributed by atoms with E-state index in [4.69, 9.17) is 4.74 Å². The van der Waals surface area contributed by atoms with Crippen LogP contribution in [0.3, 0.4) is 0 Å². The van der Waals surface area contributed by atoms with Gasteiger partial charge in [-0.15, -0.1) is 0 Å². The highest BCUT2D eigenvalue weighted by Gasteiger charge is 2.24. The van der Waals surface area contributed by atoms with Gasteiger partial charge in [-0.1, -0.05) is 43.2 Å². The van der Waals surface area contributed by atoms with Crippen molar-refractivity contribution in [1.82, 2.24) is 5.32 Å². The van der Waals surface area contributed by atoms with E-state index in [1.165, 1.54) is 0 Å². The Morgan fingerprint density at radius 1 is 1.17 bits per heavy atom. The molecule has 0 saturated carbocycles. The number of hydrogen-bond donors (Lipinski definition) is 2. The van der Waals surface area contributed by atoms with Crippen molar-refractivity contribution in [3.63, 3.8) is 0 Å². The van der Waals surface area contributed by atoms with Crippen molar-refractivity contribution in [3.8, 4) is 0 Å². The van der Waals surface area contributed by atoms with Gasteiger partial charge in [-0.25, -0.2) is 4.79 Å². The monoisotopic (exact) mass is 357 g/mol. The van der Waals surface area contributed by atoms with Crippen LogP contribution in [0, 0.1) is 0 Å². The summed E-state index contributed by atoms with van der Waals surface area (Å²) in [6.45, 7) is 5.86. The van der Waals surface area contributed by atoms with E-state index in [1.807, 2.05) is 0 Å². The molecular formula is C17H27NO5S. The highest BCUT2D eigenvalue weighted by atomic mass is 32.2. The van der Waals surface area contributed by atoms with Crippen molar-refractivity contribution in [2.24, 2.45) is 0 Å². The molecule has 0 aliphatic heterocycles. The Morgan fingerprint density at radius 3 is 2.33 bits per heavy atom. The summed E-state index contributed by atoms with van der Waals surface area (Å²) in [5.74, 6) is 0. The normalized spacial score (nSPS) is 13.3. The van der Waals surface area contributed by atoms with E-state index in [1.54, 1.807) is 51.1 Å². The molecule has 136 valence electrons. The molecule has 0 bridgehead atoms. The average molecular weight is 357 g/mol. The molecule has 0 saturated heterocycles. The second-order valence-corrected chi connectivity index (χ2v) is 8.29. The fourth-order valence-corrected chi connectivity index (χ4v) is 3.26. The van der Waals surface area contributed by atoms with Gasteiger partial charge in [-0.05, 0) is 39.2 Å². The van der Waals surface area contributed by atoms with E-state index in [-0.39, 0.29) is 0 Å². The molecule has 7 heteroatoms. The lowest BCUT2D eigenvalue weighted by atomic mass is 10.1. The molecule has 24 heavy (non-hydrogen) atoms. The summed E-state index contributed by atoms with van der Waals surface area (Å²) < 4.78 is 37.6. The number of benzene rings is 1. The van der Waals surface area contributed by atoms with Crippen molar-refractivity contribution in [3.05, 3.63) is 35.9 Å². The Morgan fingerprint density at radius 2 is 1.79 bits per heavy atom. The summed E-state index contributed by atoms with van der Waals surface area (Å²) in [7, 11) is -4.13. The summed E-state index contributed by atoms with van der Waals surface area (Å²) in [4.78, 5) is 11.5. The molecule has 0 heterocycles. The van der Waals surface area contributed by atoms with Crippen LogP contribution in [0.2, 0.25) is 0 Å². The largest absolute Gasteiger partial charge is 0.444 e. The van der Waals surface area contributed by atoms with Crippen LogP contribution >= 0.6 is 0 Å². The molecule has 0 aliphatic carbocycles. The number of ether oxygens (including phenoxy) is 1. The van der Waals surface area contributed by atoms with Crippen LogP contribution in [0.25, 0.3) is 0 Å². The third-order valence-corrected chi connectivity index (χ3v) is 4.57. The van der Waals surface area contributed by atoms with Gasteiger partial charge in [0.15, 0.2) is 0 Å². The van der Waals surface area contributed by atoms with Crippen molar-refractivity contribution in [2.75, 3.05) is 6.54 Å². The molecule has 1 atom stereocenters. The highest BCUT2D eigenvalue weighted by Crippen LogP contribution is 2.27. The molecular weight excluding hydrogens is 330 g/mol. The van der Waals surface area contributed by atoms with Crippen molar-refractivity contribution < 1.29 is 22.5 Å². The lowest BCUT2D eigenvalue weighted by Gasteiger charge is -2.19. The fraction of sp³-hybridized carbons (Fsp3) is 0.588. The molecule has 1 unspecified atom stereocenters. The van der Waals surface area contributed by atoms with Gasteiger partial charge < -0.3 is 10.1 Å². The molecule has 1 amide bonds. The van der Waals surface area contributed by atoms with Gasteiger partial charge in [0.2, 0.25) is 0 Å². The minimum Gasteiger partial charge on any atom is -0.444 e. The zero-order valence-electron chi connectivity index (χ0n) is 14.5.